The fourth-order valence-electron chi connectivity index (χ4n) is 4.13. The van der Waals surface area contributed by atoms with Gasteiger partial charge in [-0.3, -0.25) is 0 Å². The van der Waals surface area contributed by atoms with Crippen LogP contribution in [0.25, 0.3) is 33.2 Å². The Labute approximate surface area is 182 Å². The molecular weight excluding hydrogens is 378 g/mol. The maximum Gasteiger partial charge on any atom is 0.220 e. The minimum atomic E-state index is -1.46. The van der Waals surface area contributed by atoms with Gasteiger partial charge in [-0.15, -0.1) is 0 Å². The van der Waals surface area contributed by atoms with Crippen LogP contribution in [-0.4, -0.2) is 8.07 Å². The van der Waals surface area contributed by atoms with Crippen LogP contribution in [0.3, 0.4) is 0 Å². The van der Waals surface area contributed by atoms with Crippen molar-refractivity contribution in [3.8, 4) is 22.4 Å². The van der Waals surface area contributed by atoms with E-state index in [0.29, 0.717) is 0 Å². The lowest BCUT2D eigenvalue weighted by Gasteiger charge is -2.27. The van der Waals surface area contributed by atoms with Crippen molar-refractivity contribution in [1.29, 1.82) is 0 Å². The number of hydrogen-bond acceptors (Lipinski definition) is 0. The summed E-state index contributed by atoms with van der Waals surface area (Å²) in [5.74, 6) is 0. The monoisotopic (exact) mass is 410 g/mol. The summed E-state index contributed by atoms with van der Waals surface area (Å²) in [7, 11) is 0.702. The zero-order valence-electron chi connectivity index (χ0n) is 19.0. The zero-order valence-corrected chi connectivity index (χ0v) is 20.0. The molecule has 1 nitrogen and oxygen atoms in total. The Balaban J connectivity index is 1.92. The van der Waals surface area contributed by atoms with Crippen molar-refractivity contribution in [3.05, 3.63) is 84.6 Å². The normalized spacial score (nSPS) is 12.0. The molecule has 0 saturated carbocycles. The number of rotatable bonds is 4. The molecule has 0 amide bonds. The minimum absolute atomic E-state index is 0.721. The van der Waals surface area contributed by atoms with Crippen molar-refractivity contribution in [2.75, 3.05) is 0 Å². The highest BCUT2D eigenvalue weighted by Gasteiger charge is 2.28. The van der Waals surface area contributed by atoms with E-state index in [9.17, 15) is 0 Å². The van der Waals surface area contributed by atoms with Crippen LogP contribution in [0.5, 0.6) is 0 Å². The van der Waals surface area contributed by atoms with Gasteiger partial charge in [-0.05, 0) is 46.7 Å². The summed E-state index contributed by atoms with van der Waals surface area (Å²) in [6.07, 6.45) is 2.21. The van der Waals surface area contributed by atoms with Crippen molar-refractivity contribution >= 4 is 24.0 Å². The number of aromatic nitrogens is 1. The molecule has 1 heterocycles. The summed E-state index contributed by atoms with van der Waals surface area (Å²) >= 11 is 0. The van der Waals surface area contributed by atoms with E-state index in [1.807, 2.05) is 0 Å². The van der Waals surface area contributed by atoms with Crippen LogP contribution in [0.2, 0.25) is 18.6 Å². The number of hydrogen-bond donors (Lipinski definition) is 0. The first-order chi connectivity index (χ1) is 14.3. The lowest BCUT2D eigenvalue weighted by molar-refractivity contribution is -0.659. The Kier molecular flexibility index (Phi) is 5.38. The molecule has 0 spiro atoms. The highest BCUT2D eigenvalue weighted by Crippen LogP contribution is 2.32. The van der Waals surface area contributed by atoms with Crippen LogP contribution >= 0.6 is 0 Å². The van der Waals surface area contributed by atoms with Gasteiger partial charge in [0.05, 0.1) is 19.0 Å². The summed E-state index contributed by atoms with van der Waals surface area (Å²) in [4.78, 5) is 0. The predicted octanol–water partition coefficient (Wildman–Crippen LogP) is 6.63. The molecule has 0 bridgehead atoms. The van der Waals surface area contributed by atoms with Crippen LogP contribution in [0.1, 0.15) is 19.4 Å². The maximum absolute atomic E-state index is 2.48. The third-order valence-electron chi connectivity index (χ3n) is 6.92. The van der Waals surface area contributed by atoms with E-state index in [4.69, 9.17) is 0 Å². The van der Waals surface area contributed by atoms with Crippen LogP contribution < -0.4 is 9.75 Å². The number of nitrogens with zero attached hydrogens (tertiary/aromatic N) is 1. The average Bonchev–Trinajstić information content (AvgIpc) is 2.74. The van der Waals surface area contributed by atoms with E-state index in [1.165, 1.54) is 38.7 Å². The largest absolute Gasteiger partial charge is 0.220 e. The molecule has 2 heteroatoms. The first-order valence-corrected chi connectivity index (χ1v) is 14.0. The molecule has 0 aliphatic carbocycles. The summed E-state index contributed by atoms with van der Waals surface area (Å²) in [6, 6.07) is 26.9. The molecule has 0 aliphatic rings. The molecule has 0 N–H and O–H groups in total. The molecule has 30 heavy (non-hydrogen) atoms. The molecule has 0 unspecified atom stereocenters. The van der Waals surface area contributed by atoms with Gasteiger partial charge in [-0.25, -0.2) is 4.57 Å². The van der Waals surface area contributed by atoms with Gasteiger partial charge in [-0.2, -0.15) is 0 Å². The van der Waals surface area contributed by atoms with Crippen LogP contribution in [0.15, 0.2) is 79.0 Å². The third kappa shape index (κ3) is 3.61. The Morgan fingerprint density at radius 1 is 0.800 bits per heavy atom. The summed E-state index contributed by atoms with van der Waals surface area (Å²) in [5, 5.41) is 4.21. The van der Waals surface area contributed by atoms with Gasteiger partial charge >= 0.3 is 0 Å². The second kappa shape index (κ2) is 7.85. The van der Waals surface area contributed by atoms with E-state index < -0.39 is 8.07 Å². The average molecular weight is 411 g/mol. The lowest BCUT2D eigenvalue weighted by atomic mass is 9.95. The molecule has 0 atom stereocenters. The summed E-state index contributed by atoms with van der Waals surface area (Å²) < 4.78 is 2.27. The molecular formula is C28H32NSi+. The standard InChI is InChI=1S/C28H32NSi/c1-20(2)30(5,6)25-14-15-26-24(18-25)16-17-29(4)28(26)27-19-23(13-12-21(27)3)22-10-8-7-9-11-22/h7-20H,1-6H3/q+1. The number of benzene rings is 3. The van der Waals surface area contributed by atoms with E-state index in [0.717, 1.165) is 5.54 Å². The summed E-state index contributed by atoms with van der Waals surface area (Å²) in [6.45, 7) is 11.9. The van der Waals surface area contributed by atoms with Gasteiger partial charge in [0.25, 0.3) is 0 Å². The molecule has 4 aromatic rings. The van der Waals surface area contributed by atoms with Crippen LogP contribution in [0, 0.1) is 6.92 Å². The molecule has 152 valence electrons. The van der Waals surface area contributed by atoms with Crippen molar-refractivity contribution < 1.29 is 4.57 Å². The zero-order chi connectivity index (χ0) is 21.5. The van der Waals surface area contributed by atoms with E-state index in [1.54, 1.807) is 5.19 Å². The van der Waals surface area contributed by atoms with Gasteiger partial charge in [0.15, 0.2) is 6.20 Å². The number of aryl methyl sites for hydroxylation is 2. The fourth-order valence-corrected chi connectivity index (χ4v) is 5.84. The Bertz CT molecular complexity index is 1210. The van der Waals surface area contributed by atoms with Crippen LogP contribution in [0.4, 0.5) is 0 Å². The SMILES string of the molecule is Cc1ccc(-c2ccccc2)cc1-c1c2ccc([Si](C)(C)C(C)C)cc2cc[n+]1C. The molecule has 3 aromatic carbocycles. The highest BCUT2D eigenvalue weighted by atomic mass is 28.3. The fraction of sp³-hybridized carbons (Fsp3) is 0.250. The number of pyridine rings is 1. The quantitative estimate of drug-likeness (QED) is 0.262. The maximum atomic E-state index is 2.48. The molecule has 4 rings (SSSR count). The predicted molar refractivity (Wildman–Crippen MR) is 133 cm³/mol. The Morgan fingerprint density at radius 3 is 2.23 bits per heavy atom. The molecule has 0 fully saturated rings. The number of fused-ring (bicyclic) bond motifs is 1. The van der Waals surface area contributed by atoms with Crippen molar-refractivity contribution in [1.82, 2.24) is 0 Å². The smallest absolute Gasteiger partial charge is 0.200 e. The molecule has 0 aliphatic heterocycles. The topological polar surface area (TPSA) is 3.88 Å². The Morgan fingerprint density at radius 2 is 1.53 bits per heavy atom. The highest BCUT2D eigenvalue weighted by molar-refractivity contribution is 6.91. The molecule has 0 radical (unpaired) electrons. The molecule has 1 aromatic heterocycles. The van der Waals surface area contributed by atoms with Crippen molar-refractivity contribution in [2.24, 2.45) is 7.05 Å². The third-order valence-corrected chi connectivity index (χ3v) is 11.6. The van der Waals surface area contributed by atoms with Gasteiger partial charge in [0.1, 0.15) is 7.05 Å². The van der Waals surface area contributed by atoms with Gasteiger partial charge < -0.3 is 0 Å². The Hall–Kier alpha value is -2.71. The van der Waals surface area contributed by atoms with Gasteiger partial charge in [0, 0.05) is 6.07 Å². The van der Waals surface area contributed by atoms with Crippen molar-refractivity contribution in [2.45, 2.75) is 39.4 Å². The van der Waals surface area contributed by atoms with E-state index in [-0.39, 0.29) is 0 Å². The molecule has 0 saturated heterocycles. The van der Waals surface area contributed by atoms with Crippen LogP contribution in [-0.2, 0) is 7.05 Å². The van der Waals surface area contributed by atoms with E-state index in [2.05, 4.69) is 124 Å². The summed E-state index contributed by atoms with van der Waals surface area (Å²) in [5.41, 5.74) is 7.14. The first-order valence-electron chi connectivity index (χ1n) is 10.9. The minimum Gasteiger partial charge on any atom is -0.200 e. The second-order valence-corrected chi connectivity index (χ2v) is 14.5. The second-order valence-electron chi connectivity index (χ2n) is 9.35. The van der Waals surface area contributed by atoms with Crippen molar-refractivity contribution in [3.63, 3.8) is 0 Å². The first kappa shape index (κ1) is 20.6. The lowest BCUT2D eigenvalue weighted by Crippen LogP contribution is -2.44. The van der Waals surface area contributed by atoms with E-state index >= 15 is 0 Å². The van der Waals surface area contributed by atoms with Gasteiger partial charge in [-0.1, -0.05) is 86.7 Å². The van der Waals surface area contributed by atoms with Gasteiger partial charge in [0.2, 0.25) is 5.69 Å².